The Morgan fingerprint density at radius 2 is 2.19 bits per heavy atom. The van der Waals surface area contributed by atoms with Gasteiger partial charge in [-0.3, -0.25) is 0 Å². The van der Waals surface area contributed by atoms with Gasteiger partial charge < -0.3 is 9.84 Å². The number of thiazole rings is 1. The Kier molecular flexibility index (Phi) is 3.58. The molecule has 0 aliphatic heterocycles. The highest BCUT2D eigenvalue weighted by atomic mass is 79.9. The SMILES string of the molecule is COc1ccccc1-c1nc(Br)c(CO)s1. The second-order valence-corrected chi connectivity index (χ2v) is 4.93. The molecule has 0 aliphatic carbocycles. The topological polar surface area (TPSA) is 42.4 Å². The van der Waals surface area contributed by atoms with Crippen LogP contribution in [0.4, 0.5) is 0 Å². The quantitative estimate of drug-likeness (QED) is 0.947. The number of hydrogen-bond acceptors (Lipinski definition) is 4. The van der Waals surface area contributed by atoms with Crippen molar-refractivity contribution in [2.75, 3.05) is 7.11 Å². The van der Waals surface area contributed by atoms with E-state index in [0.29, 0.717) is 4.60 Å². The number of ether oxygens (including phenoxy) is 1. The molecule has 0 amide bonds. The van der Waals surface area contributed by atoms with E-state index in [0.717, 1.165) is 21.2 Å². The molecule has 1 aromatic carbocycles. The van der Waals surface area contributed by atoms with Crippen LogP contribution in [0.2, 0.25) is 0 Å². The molecule has 0 saturated carbocycles. The van der Waals surface area contributed by atoms with Crippen LogP contribution < -0.4 is 4.74 Å². The Morgan fingerprint density at radius 1 is 1.44 bits per heavy atom. The number of aliphatic hydroxyl groups is 1. The number of aliphatic hydroxyl groups excluding tert-OH is 1. The van der Waals surface area contributed by atoms with Crippen molar-refractivity contribution in [2.45, 2.75) is 6.61 Å². The lowest BCUT2D eigenvalue weighted by Crippen LogP contribution is -1.86. The molecule has 0 unspecified atom stereocenters. The molecule has 0 bridgehead atoms. The number of halogens is 1. The van der Waals surface area contributed by atoms with Gasteiger partial charge in [0.25, 0.3) is 0 Å². The van der Waals surface area contributed by atoms with Crippen LogP contribution in [-0.2, 0) is 6.61 Å². The Hall–Kier alpha value is -0.910. The minimum Gasteiger partial charge on any atom is -0.496 e. The number of hydrogen-bond donors (Lipinski definition) is 1. The smallest absolute Gasteiger partial charge is 0.129 e. The summed E-state index contributed by atoms with van der Waals surface area (Å²) in [7, 11) is 1.63. The van der Waals surface area contributed by atoms with E-state index in [9.17, 15) is 0 Å². The highest BCUT2D eigenvalue weighted by Crippen LogP contribution is 2.35. The fourth-order valence-corrected chi connectivity index (χ4v) is 2.87. The van der Waals surface area contributed by atoms with E-state index in [1.807, 2.05) is 24.3 Å². The van der Waals surface area contributed by atoms with E-state index < -0.39 is 0 Å². The molecule has 0 aliphatic rings. The van der Waals surface area contributed by atoms with Crippen molar-refractivity contribution in [3.63, 3.8) is 0 Å². The monoisotopic (exact) mass is 299 g/mol. The number of aromatic nitrogens is 1. The summed E-state index contributed by atoms with van der Waals surface area (Å²) < 4.78 is 5.97. The number of benzene rings is 1. The maximum absolute atomic E-state index is 9.11. The van der Waals surface area contributed by atoms with Gasteiger partial charge in [0.2, 0.25) is 0 Å². The molecule has 0 saturated heterocycles. The van der Waals surface area contributed by atoms with Crippen LogP contribution in [0.3, 0.4) is 0 Å². The number of rotatable bonds is 3. The molecule has 84 valence electrons. The zero-order chi connectivity index (χ0) is 11.5. The second-order valence-electron chi connectivity index (χ2n) is 3.09. The maximum Gasteiger partial charge on any atom is 0.129 e. The zero-order valence-electron chi connectivity index (χ0n) is 8.61. The molecule has 3 nitrogen and oxygen atoms in total. The molecular weight excluding hydrogens is 290 g/mol. The van der Waals surface area contributed by atoms with Crippen LogP contribution in [0.5, 0.6) is 5.75 Å². The second kappa shape index (κ2) is 4.95. The van der Waals surface area contributed by atoms with Crippen molar-refractivity contribution in [1.82, 2.24) is 4.98 Å². The molecular formula is C11H10BrNO2S. The molecule has 0 atom stereocenters. The fraction of sp³-hybridized carbons (Fsp3) is 0.182. The van der Waals surface area contributed by atoms with Gasteiger partial charge in [-0.05, 0) is 28.1 Å². The van der Waals surface area contributed by atoms with Crippen LogP contribution in [0.25, 0.3) is 10.6 Å². The Morgan fingerprint density at radius 3 is 2.81 bits per heavy atom. The summed E-state index contributed by atoms with van der Waals surface area (Å²) in [6, 6.07) is 7.69. The third-order valence-electron chi connectivity index (χ3n) is 2.13. The first-order valence-corrected chi connectivity index (χ1v) is 6.26. The molecule has 1 aromatic heterocycles. The van der Waals surface area contributed by atoms with Gasteiger partial charge in [-0.2, -0.15) is 0 Å². The molecule has 1 heterocycles. The molecule has 0 fully saturated rings. The lowest BCUT2D eigenvalue weighted by Gasteiger charge is -2.04. The summed E-state index contributed by atoms with van der Waals surface area (Å²) in [4.78, 5) is 5.18. The molecule has 0 spiro atoms. The summed E-state index contributed by atoms with van der Waals surface area (Å²) in [6.45, 7) is -0.00655. The van der Waals surface area contributed by atoms with E-state index in [2.05, 4.69) is 20.9 Å². The predicted molar refractivity (Wildman–Crippen MR) is 67.7 cm³/mol. The van der Waals surface area contributed by atoms with Gasteiger partial charge >= 0.3 is 0 Å². The van der Waals surface area contributed by atoms with E-state index in [-0.39, 0.29) is 6.61 Å². The summed E-state index contributed by atoms with van der Waals surface area (Å²) in [5.74, 6) is 0.785. The third-order valence-corrected chi connectivity index (χ3v) is 4.12. The van der Waals surface area contributed by atoms with Crippen molar-refractivity contribution < 1.29 is 9.84 Å². The van der Waals surface area contributed by atoms with Gasteiger partial charge in [0.15, 0.2) is 0 Å². The van der Waals surface area contributed by atoms with Gasteiger partial charge in [-0.15, -0.1) is 11.3 Å². The van der Waals surface area contributed by atoms with Gasteiger partial charge in [-0.1, -0.05) is 12.1 Å². The van der Waals surface area contributed by atoms with Crippen LogP contribution >= 0.6 is 27.3 Å². The average molecular weight is 300 g/mol. The summed E-state index contributed by atoms with van der Waals surface area (Å²) >= 11 is 4.77. The van der Waals surface area contributed by atoms with Crippen LogP contribution in [0.15, 0.2) is 28.9 Å². The Labute approximate surface area is 106 Å². The first kappa shape index (κ1) is 11.6. The fourth-order valence-electron chi connectivity index (χ4n) is 1.37. The summed E-state index contributed by atoms with van der Waals surface area (Å²) in [5, 5.41) is 9.96. The van der Waals surface area contributed by atoms with Crippen LogP contribution in [0, 0.1) is 0 Å². The first-order valence-electron chi connectivity index (χ1n) is 4.65. The van der Waals surface area contributed by atoms with Gasteiger partial charge in [-0.25, -0.2) is 4.98 Å². The van der Waals surface area contributed by atoms with Crippen LogP contribution in [0.1, 0.15) is 4.88 Å². The highest BCUT2D eigenvalue weighted by molar-refractivity contribution is 9.10. The summed E-state index contributed by atoms with van der Waals surface area (Å²) in [6.07, 6.45) is 0. The van der Waals surface area contributed by atoms with Crippen molar-refractivity contribution in [3.05, 3.63) is 33.7 Å². The predicted octanol–water partition coefficient (Wildman–Crippen LogP) is 3.07. The molecule has 2 rings (SSSR count). The minimum absolute atomic E-state index is 0.00655. The number of nitrogens with zero attached hydrogens (tertiary/aromatic N) is 1. The molecule has 2 aromatic rings. The molecule has 1 N–H and O–H groups in total. The third kappa shape index (κ3) is 2.11. The van der Waals surface area contributed by atoms with Gasteiger partial charge in [0.05, 0.1) is 24.2 Å². The first-order chi connectivity index (χ1) is 7.76. The highest BCUT2D eigenvalue weighted by Gasteiger charge is 2.12. The van der Waals surface area contributed by atoms with E-state index in [1.54, 1.807) is 7.11 Å². The maximum atomic E-state index is 9.11. The van der Waals surface area contributed by atoms with Crippen molar-refractivity contribution >= 4 is 27.3 Å². The van der Waals surface area contributed by atoms with Crippen LogP contribution in [-0.4, -0.2) is 17.2 Å². The van der Waals surface area contributed by atoms with Crippen molar-refractivity contribution in [2.24, 2.45) is 0 Å². The van der Waals surface area contributed by atoms with Crippen molar-refractivity contribution in [3.8, 4) is 16.3 Å². The summed E-state index contributed by atoms with van der Waals surface area (Å²) in [5.41, 5.74) is 0.940. The van der Waals surface area contributed by atoms with Gasteiger partial charge in [0.1, 0.15) is 15.4 Å². The molecule has 5 heteroatoms. The lowest BCUT2D eigenvalue weighted by molar-refractivity contribution is 0.284. The van der Waals surface area contributed by atoms with Gasteiger partial charge in [0, 0.05) is 0 Å². The van der Waals surface area contributed by atoms with Crippen molar-refractivity contribution in [1.29, 1.82) is 0 Å². The standard InChI is InChI=1S/C11H10BrNO2S/c1-15-8-5-3-2-4-7(8)11-13-10(12)9(6-14)16-11/h2-5,14H,6H2,1H3. The number of methoxy groups -OCH3 is 1. The Balaban J connectivity index is 2.49. The largest absolute Gasteiger partial charge is 0.496 e. The molecule has 16 heavy (non-hydrogen) atoms. The lowest BCUT2D eigenvalue weighted by atomic mass is 10.2. The van der Waals surface area contributed by atoms with E-state index in [4.69, 9.17) is 9.84 Å². The number of para-hydroxylation sites is 1. The molecule has 0 radical (unpaired) electrons. The minimum atomic E-state index is -0.00655. The zero-order valence-corrected chi connectivity index (χ0v) is 11.0. The van der Waals surface area contributed by atoms with E-state index >= 15 is 0 Å². The van der Waals surface area contributed by atoms with E-state index in [1.165, 1.54) is 11.3 Å². The Bertz CT molecular complexity index is 498. The average Bonchev–Trinajstić information content (AvgIpc) is 2.70. The normalized spacial score (nSPS) is 10.4.